The standard InChI is InChI=1S/C20H20O4/c1-3-24-20(22)17(14-18(21)23-2)19(15-10-6-4-7-11-15)16-12-8-5-9-13-16/h4-13H,3,14H2,1-2H3. The van der Waals surface area contributed by atoms with Crippen molar-refractivity contribution in [2.24, 2.45) is 0 Å². The van der Waals surface area contributed by atoms with Crippen LogP contribution in [0.15, 0.2) is 66.2 Å². The maximum Gasteiger partial charge on any atom is 0.335 e. The number of benzene rings is 2. The van der Waals surface area contributed by atoms with Gasteiger partial charge in [-0.3, -0.25) is 4.79 Å². The van der Waals surface area contributed by atoms with Gasteiger partial charge in [-0.15, -0.1) is 0 Å². The third-order valence-corrected chi connectivity index (χ3v) is 3.50. The Morgan fingerprint density at radius 2 is 1.38 bits per heavy atom. The summed E-state index contributed by atoms with van der Waals surface area (Å²) >= 11 is 0. The largest absolute Gasteiger partial charge is 0.469 e. The zero-order chi connectivity index (χ0) is 17.4. The first kappa shape index (κ1) is 17.5. The Kier molecular flexibility index (Phi) is 6.32. The first-order valence-corrected chi connectivity index (χ1v) is 7.75. The molecule has 0 saturated carbocycles. The van der Waals surface area contributed by atoms with Gasteiger partial charge < -0.3 is 9.47 Å². The highest BCUT2D eigenvalue weighted by Crippen LogP contribution is 2.29. The second-order valence-corrected chi connectivity index (χ2v) is 5.06. The van der Waals surface area contributed by atoms with Crippen LogP contribution in [0.2, 0.25) is 0 Å². The van der Waals surface area contributed by atoms with Gasteiger partial charge in [0.2, 0.25) is 0 Å². The first-order chi connectivity index (χ1) is 11.7. The topological polar surface area (TPSA) is 52.6 Å². The van der Waals surface area contributed by atoms with Crippen LogP contribution in [0.25, 0.3) is 5.57 Å². The van der Waals surface area contributed by atoms with Gasteiger partial charge in [0, 0.05) is 0 Å². The summed E-state index contributed by atoms with van der Waals surface area (Å²) < 4.78 is 9.92. The molecule has 0 aromatic heterocycles. The van der Waals surface area contributed by atoms with Gasteiger partial charge in [0.15, 0.2) is 0 Å². The monoisotopic (exact) mass is 324 g/mol. The third kappa shape index (κ3) is 4.32. The third-order valence-electron chi connectivity index (χ3n) is 3.50. The maximum atomic E-state index is 12.5. The smallest absolute Gasteiger partial charge is 0.335 e. The number of rotatable bonds is 6. The Hall–Kier alpha value is -2.88. The molecule has 0 aliphatic rings. The Morgan fingerprint density at radius 3 is 1.79 bits per heavy atom. The Bertz CT molecular complexity index is 676. The minimum Gasteiger partial charge on any atom is -0.469 e. The number of carbonyl (C=O) groups excluding carboxylic acids is 2. The second kappa shape index (κ2) is 8.67. The molecule has 2 aromatic rings. The van der Waals surface area contributed by atoms with Crippen LogP contribution < -0.4 is 0 Å². The number of carbonyl (C=O) groups is 2. The molecule has 0 bridgehead atoms. The number of methoxy groups -OCH3 is 1. The van der Waals surface area contributed by atoms with Crippen LogP contribution in [0.1, 0.15) is 24.5 Å². The number of hydrogen-bond acceptors (Lipinski definition) is 4. The van der Waals surface area contributed by atoms with E-state index in [1.807, 2.05) is 60.7 Å². The van der Waals surface area contributed by atoms with Gasteiger partial charge >= 0.3 is 11.9 Å². The summed E-state index contributed by atoms with van der Waals surface area (Å²) in [7, 11) is 1.30. The van der Waals surface area contributed by atoms with Crippen LogP contribution >= 0.6 is 0 Å². The molecule has 0 radical (unpaired) electrons. The van der Waals surface area contributed by atoms with E-state index >= 15 is 0 Å². The molecule has 0 fully saturated rings. The highest BCUT2D eigenvalue weighted by atomic mass is 16.5. The zero-order valence-electron chi connectivity index (χ0n) is 13.8. The molecular weight excluding hydrogens is 304 g/mol. The summed E-state index contributed by atoms with van der Waals surface area (Å²) in [4.78, 5) is 24.3. The van der Waals surface area contributed by atoms with E-state index in [0.717, 1.165) is 11.1 Å². The number of esters is 2. The second-order valence-electron chi connectivity index (χ2n) is 5.06. The normalized spacial score (nSPS) is 9.92. The fourth-order valence-electron chi connectivity index (χ4n) is 2.42. The molecule has 24 heavy (non-hydrogen) atoms. The lowest BCUT2D eigenvalue weighted by Crippen LogP contribution is -2.15. The minimum atomic E-state index is -0.509. The van der Waals surface area contributed by atoms with Crippen LogP contribution in [0.5, 0.6) is 0 Å². The zero-order valence-corrected chi connectivity index (χ0v) is 13.8. The van der Waals surface area contributed by atoms with Crippen molar-refractivity contribution < 1.29 is 19.1 Å². The average Bonchev–Trinajstić information content (AvgIpc) is 2.63. The van der Waals surface area contributed by atoms with E-state index in [9.17, 15) is 9.59 Å². The Labute approximate surface area is 141 Å². The van der Waals surface area contributed by atoms with Gasteiger partial charge in [-0.05, 0) is 23.6 Å². The summed E-state index contributed by atoms with van der Waals surface area (Å²) in [5, 5.41) is 0. The fourth-order valence-corrected chi connectivity index (χ4v) is 2.42. The molecule has 124 valence electrons. The molecule has 0 N–H and O–H groups in total. The van der Waals surface area contributed by atoms with Crippen molar-refractivity contribution in [3.63, 3.8) is 0 Å². The van der Waals surface area contributed by atoms with Crippen LogP contribution in [-0.2, 0) is 19.1 Å². The lowest BCUT2D eigenvalue weighted by molar-refractivity contribution is -0.144. The molecule has 2 aromatic carbocycles. The van der Waals surface area contributed by atoms with E-state index < -0.39 is 11.9 Å². The summed E-state index contributed by atoms with van der Waals surface area (Å²) in [5.41, 5.74) is 2.66. The summed E-state index contributed by atoms with van der Waals surface area (Å²) in [6.07, 6.45) is -0.144. The lowest BCUT2D eigenvalue weighted by atomic mass is 9.91. The number of hydrogen-bond donors (Lipinski definition) is 0. The molecule has 4 nitrogen and oxygen atoms in total. The molecular formula is C20H20O4. The molecule has 0 atom stereocenters. The van der Waals surface area contributed by atoms with Crippen molar-refractivity contribution in [1.82, 2.24) is 0 Å². The van der Waals surface area contributed by atoms with E-state index in [1.54, 1.807) is 6.92 Å². The molecule has 2 rings (SSSR count). The van der Waals surface area contributed by atoms with Gasteiger partial charge in [-0.25, -0.2) is 4.79 Å². The maximum absolute atomic E-state index is 12.5. The number of ether oxygens (including phenoxy) is 2. The van der Waals surface area contributed by atoms with Gasteiger partial charge in [0.05, 0.1) is 25.7 Å². The summed E-state index contributed by atoms with van der Waals surface area (Å²) in [6.45, 7) is 1.97. The van der Waals surface area contributed by atoms with Crippen LogP contribution in [-0.4, -0.2) is 25.7 Å². The molecule has 0 saturated heterocycles. The van der Waals surface area contributed by atoms with Gasteiger partial charge in [-0.2, -0.15) is 0 Å². The SMILES string of the molecule is CCOC(=O)C(CC(=O)OC)=C(c1ccccc1)c1ccccc1. The van der Waals surface area contributed by atoms with E-state index in [2.05, 4.69) is 0 Å². The van der Waals surface area contributed by atoms with Crippen molar-refractivity contribution >= 4 is 17.5 Å². The minimum absolute atomic E-state index is 0.144. The van der Waals surface area contributed by atoms with Crippen LogP contribution in [0.3, 0.4) is 0 Å². The fraction of sp³-hybridized carbons (Fsp3) is 0.200. The van der Waals surface area contributed by atoms with E-state index in [4.69, 9.17) is 9.47 Å². The van der Waals surface area contributed by atoms with Gasteiger partial charge in [0.1, 0.15) is 0 Å². The highest BCUT2D eigenvalue weighted by molar-refractivity contribution is 6.05. The van der Waals surface area contributed by atoms with E-state index in [1.165, 1.54) is 7.11 Å². The predicted molar refractivity (Wildman–Crippen MR) is 92.2 cm³/mol. The van der Waals surface area contributed by atoms with Gasteiger partial charge in [-0.1, -0.05) is 60.7 Å². The van der Waals surface area contributed by atoms with Crippen molar-refractivity contribution in [1.29, 1.82) is 0 Å². The molecule has 0 heterocycles. The summed E-state index contributed by atoms with van der Waals surface area (Å²) in [5.74, 6) is -0.993. The molecule has 0 unspecified atom stereocenters. The molecule has 0 amide bonds. The molecule has 0 spiro atoms. The molecule has 0 aliphatic heterocycles. The lowest BCUT2D eigenvalue weighted by Gasteiger charge is -2.15. The van der Waals surface area contributed by atoms with Crippen molar-refractivity contribution in [3.05, 3.63) is 77.4 Å². The predicted octanol–water partition coefficient (Wildman–Crippen LogP) is 3.61. The Morgan fingerprint density at radius 1 is 0.875 bits per heavy atom. The Balaban J connectivity index is 2.67. The first-order valence-electron chi connectivity index (χ1n) is 7.75. The van der Waals surface area contributed by atoms with Crippen molar-refractivity contribution in [3.8, 4) is 0 Å². The quantitative estimate of drug-likeness (QED) is 0.601. The van der Waals surface area contributed by atoms with Crippen LogP contribution in [0, 0.1) is 0 Å². The summed E-state index contributed by atoms with van der Waals surface area (Å²) in [6, 6.07) is 19.0. The molecule has 0 aliphatic carbocycles. The van der Waals surface area contributed by atoms with Crippen LogP contribution in [0.4, 0.5) is 0 Å². The molecule has 4 heteroatoms. The van der Waals surface area contributed by atoms with Crippen molar-refractivity contribution in [2.75, 3.05) is 13.7 Å². The average molecular weight is 324 g/mol. The van der Waals surface area contributed by atoms with E-state index in [0.29, 0.717) is 11.1 Å². The van der Waals surface area contributed by atoms with E-state index in [-0.39, 0.29) is 13.0 Å². The van der Waals surface area contributed by atoms with Crippen molar-refractivity contribution in [2.45, 2.75) is 13.3 Å². The highest BCUT2D eigenvalue weighted by Gasteiger charge is 2.22. The van der Waals surface area contributed by atoms with Gasteiger partial charge in [0.25, 0.3) is 0 Å².